The third-order valence-corrected chi connectivity index (χ3v) is 1.36. The molecule has 47 valence electrons. The first-order chi connectivity index (χ1) is 3.79. The monoisotopic (exact) mass is 135 g/mol. The standard InChI is InChI=1S/C4H8O3P/c1-8(5)7-3-4-2-6-4/h4H,2-3H2,1H3. The van der Waals surface area contributed by atoms with Crippen molar-refractivity contribution in [2.45, 2.75) is 6.10 Å². The first-order valence-electron chi connectivity index (χ1n) is 2.44. The van der Waals surface area contributed by atoms with Crippen LogP contribution in [0.4, 0.5) is 0 Å². The van der Waals surface area contributed by atoms with Gasteiger partial charge < -0.3 is 9.26 Å². The van der Waals surface area contributed by atoms with E-state index in [1.807, 2.05) is 0 Å². The zero-order chi connectivity index (χ0) is 5.98. The molecule has 2 atom stereocenters. The molecule has 0 aromatic carbocycles. The molecule has 4 heteroatoms. The number of hydrogen-bond acceptors (Lipinski definition) is 3. The zero-order valence-corrected chi connectivity index (χ0v) is 5.56. The van der Waals surface area contributed by atoms with E-state index in [2.05, 4.69) is 0 Å². The number of hydrogen-bond donors (Lipinski definition) is 0. The largest absolute Gasteiger partial charge is 0.371 e. The molecule has 1 fully saturated rings. The summed E-state index contributed by atoms with van der Waals surface area (Å²) >= 11 is 0. The maximum Gasteiger partial charge on any atom is 0.209 e. The summed E-state index contributed by atoms with van der Waals surface area (Å²) in [4.78, 5) is 0. The zero-order valence-electron chi connectivity index (χ0n) is 4.66. The van der Waals surface area contributed by atoms with E-state index in [0.717, 1.165) is 6.61 Å². The van der Waals surface area contributed by atoms with Crippen molar-refractivity contribution in [3.05, 3.63) is 0 Å². The lowest BCUT2D eigenvalue weighted by atomic mass is 10.5. The van der Waals surface area contributed by atoms with Crippen molar-refractivity contribution in [1.82, 2.24) is 0 Å². The molecule has 1 heterocycles. The highest BCUT2D eigenvalue weighted by molar-refractivity contribution is 7.38. The van der Waals surface area contributed by atoms with Crippen LogP contribution in [-0.2, 0) is 13.8 Å². The molecule has 3 nitrogen and oxygen atoms in total. The van der Waals surface area contributed by atoms with E-state index in [1.54, 1.807) is 0 Å². The Morgan fingerprint density at radius 2 is 2.62 bits per heavy atom. The lowest BCUT2D eigenvalue weighted by molar-refractivity contribution is 0.274. The molecular formula is C4H8O3P. The van der Waals surface area contributed by atoms with Crippen molar-refractivity contribution in [2.75, 3.05) is 19.9 Å². The summed E-state index contributed by atoms with van der Waals surface area (Å²) in [6.45, 7) is 2.80. The summed E-state index contributed by atoms with van der Waals surface area (Å²) in [5.74, 6) is 0. The summed E-state index contributed by atoms with van der Waals surface area (Å²) in [5, 5.41) is 0. The molecule has 0 bridgehead atoms. The minimum absolute atomic E-state index is 0.230. The lowest BCUT2D eigenvalue weighted by Gasteiger charge is -1.90. The van der Waals surface area contributed by atoms with Gasteiger partial charge in [-0.3, -0.25) is 4.57 Å². The van der Waals surface area contributed by atoms with Gasteiger partial charge in [-0.25, -0.2) is 0 Å². The molecule has 2 unspecified atom stereocenters. The smallest absolute Gasteiger partial charge is 0.209 e. The van der Waals surface area contributed by atoms with Crippen LogP contribution in [0.2, 0.25) is 0 Å². The van der Waals surface area contributed by atoms with Crippen molar-refractivity contribution in [3.63, 3.8) is 0 Å². The minimum atomic E-state index is -1.42. The van der Waals surface area contributed by atoms with Gasteiger partial charge in [0.1, 0.15) is 6.10 Å². The molecule has 1 saturated heterocycles. The van der Waals surface area contributed by atoms with Crippen LogP contribution in [0.5, 0.6) is 0 Å². The second-order valence-corrected chi connectivity index (χ2v) is 2.83. The summed E-state index contributed by atoms with van der Waals surface area (Å²) in [6.07, 6.45) is 0.230. The van der Waals surface area contributed by atoms with Crippen LogP contribution in [0.3, 0.4) is 0 Å². The Hall–Kier alpha value is 0.0200. The van der Waals surface area contributed by atoms with Crippen LogP contribution in [0.25, 0.3) is 0 Å². The van der Waals surface area contributed by atoms with Crippen molar-refractivity contribution in [1.29, 1.82) is 0 Å². The quantitative estimate of drug-likeness (QED) is 0.424. The molecule has 0 amide bonds. The van der Waals surface area contributed by atoms with Gasteiger partial charge in [-0.1, -0.05) is 0 Å². The molecule has 1 aliphatic heterocycles. The second-order valence-electron chi connectivity index (χ2n) is 1.69. The van der Waals surface area contributed by atoms with Gasteiger partial charge in [0.2, 0.25) is 8.03 Å². The molecular weight excluding hydrogens is 127 g/mol. The minimum Gasteiger partial charge on any atom is -0.371 e. The van der Waals surface area contributed by atoms with E-state index in [4.69, 9.17) is 9.26 Å². The lowest BCUT2D eigenvalue weighted by Crippen LogP contribution is -1.93. The second kappa shape index (κ2) is 2.53. The third-order valence-electron chi connectivity index (χ3n) is 0.845. The Morgan fingerprint density at radius 1 is 2.00 bits per heavy atom. The fourth-order valence-corrected chi connectivity index (χ4v) is 0.729. The summed E-state index contributed by atoms with van der Waals surface area (Å²) in [6, 6.07) is 0. The third kappa shape index (κ3) is 2.36. The van der Waals surface area contributed by atoms with Crippen LogP contribution in [-0.4, -0.2) is 26.0 Å². The fourth-order valence-electron chi connectivity index (χ4n) is 0.352. The molecule has 0 aromatic rings. The average molecular weight is 135 g/mol. The maximum atomic E-state index is 10.2. The summed E-state index contributed by atoms with van der Waals surface area (Å²) < 4.78 is 19.8. The molecule has 0 N–H and O–H groups in total. The summed E-state index contributed by atoms with van der Waals surface area (Å²) in [5.41, 5.74) is 0. The topological polar surface area (TPSA) is 38.8 Å². The van der Waals surface area contributed by atoms with Crippen molar-refractivity contribution >= 4 is 8.03 Å². The molecule has 0 aliphatic carbocycles. The number of epoxide rings is 1. The number of rotatable bonds is 3. The van der Waals surface area contributed by atoms with E-state index in [1.165, 1.54) is 6.66 Å². The van der Waals surface area contributed by atoms with E-state index in [0.29, 0.717) is 6.61 Å². The van der Waals surface area contributed by atoms with Gasteiger partial charge in [0.25, 0.3) is 0 Å². The molecule has 1 radical (unpaired) electrons. The Morgan fingerprint density at radius 3 is 3.00 bits per heavy atom. The van der Waals surface area contributed by atoms with Crippen LogP contribution >= 0.6 is 8.03 Å². The van der Waals surface area contributed by atoms with Gasteiger partial charge in [-0.05, 0) is 0 Å². The molecule has 8 heavy (non-hydrogen) atoms. The van der Waals surface area contributed by atoms with Crippen molar-refractivity contribution in [3.8, 4) is 0 Å². The summed E-state index contributed by atoms with van der Waals surface area (Å²) in [7, 11) is -1.42. The van der Waals surface area contributed by atoms with Crippen LogP contribution in [0.15, 0.2) is 0 Å². The highest BCUT2D eigenvalue weighted by Gasteiger charge is 2.22. The van der Waals surface area contributed by atoms with Gasteiger partial charge in [0.15, 0.2) is 0 Å². The predicted octanol–water partition coefficient (Wildman–Crippen LogP) is 0.774. The highest BCUT2D eigenvalue weighted by atomic mass is 31.1. The van der Waals surface area contributed by atoms with Gasteiger partial charge >= 0.3 is 0 Å². The van der Waals surface area contributed by atoms with Crippen molar-refractivity contribution < 1.29 is 13.8 Å². The fraction of sp³-hybridized carbons (Fsp3) is 1.00. The van der Waals surface area contributed by atoms with Crippen LogP contribution in [0.1, 0.15) is 0 Å². The van der Waals surface area contributed by atoms with Crippen LogP contribution in [0, 0.1) is 0 Å². The first-order valence-corrected chi connectivity index (χ1v) is 4.07. The predicted molar refractivity (Wildman–Crippen MR) is 29.2 cm³/mol. The molecule has 0 saturated carbocycles. The van der Waals surface area contributed by atoms with Gasteiger partial charge in [0, 0.05) is 6.66 Å². The van der Waals surface area contributed by atoms with Gasteiger partial charge in [-0.15, -0.1) is 0 Å². The van der Waals surface area contributed by atoms with E-state index in [9.17, 15) is 4.57 Å². The van der Waals surface area contributed by atoms with E-state index in [-0.39, 0.29) is 6.10 Å². The molecule has 0 spiro atoms. The molecule has 1 rings (SSSR count). The van der Waals surface area contributed by atoms with E-state index < -0.39 is 8.03 Å². The van der Waals surface area contributed by atoms with Gasteiger partial charge in [-0.2, -0.15) is 0 Å². The Balaban J connectivity index is 1.95. The van der Waals surface area contributed by atoms with E-state index >= 15 is 0 Å². The van der Waals surface area contributed by atoms with Gasteiger partial charge in [0.05, 0.1) is 13.2 Å². The highest BCUT2D eigenvalue weighted by Crippen LogP contribution is 2.19. The Labute approximate surface area is 48.8 Å². The SMILES string of the molecule is C[P](=O)OCC1CO1. The normalized spacial score (nSPS) is 27.6. The molecule has 0 aromatic heterocycles. The Kier molecular flexibility index (Phi) is 1.95. The van der Waals surface area contributed by atoms with Crippen molar-refractivity contribution in [2.24, 2.45) is 0 Å². The average Bonchev–Trinajstić information content (AvgIpc) is 2.41. The Bertz CT molecular complexity index is 99.5. The molecule has 1 aliphatic rings. The maximum absolute atomic E-state index is 10.2. The number of ether oxygens (including phenoxy) is 1. The first kappa shape index (κ1) is 6.14. The van der Waals surface area contributed by atoms with Crippen LogP contribution < -0.4 is 0 Å².